The number of hydrogen-bond donors (Lipinski definition) is 2. The first-order chi connectivity index (χ1) is 11.0. The minimum atomic E-state index is -0.503. The van der Waals surface area contributed by atoms with E-state index in [9.17, 15) is 9.59 Å². The first kappa shape index (κ1) is 17.3. The number of rotatable bonds is 4. The molecule has 2 N–H and O–H groups in total. The summed E-state index contributed by atoms with van der Waals surface area (Å²) in [7, 11) is 0. The zero-order valence-corrected chi connectivity index (χ0v) is 14.6. The van der Waals surface area contributed by atoms with Gasteiger partial charge in [0.1, 0.15) is 5.75 Å². The average Bonchev–Trinajstić information content (AvgIpc) is 2.54. The molecule has 0 saturated carbocycles. The van der Waals surface area contributed by atoms with Crippen LogP contribution in [-0.2, 0) is 0 Å². The molecule has 2 aromatic carbocycles. The fourth-order valence-corrected chi connectivity index (χ4v) is 2.44. The minimum Gasteiger partial charge on any atom is -0.493 e. The van der Waals surface area contributed by atoms with Crippen LogP contribution < -0.4 is 15.6 Å². The zero-order chi connectivity index (χ0) is 16.8. The highest BCUT2D eigenvalue weighted by Gasteiger charge is 2.15. The van der Waals surface area contributed by atoms with Gasteiger partial charge >= 0.3 is 0 Å². The summed E-state index contributed by atoms with van der Waals surface area (Å²) in [5.41, 5.74) is 5.26. The molecule has 5 nitrogen and oxygen atoms in total. The van der Waals surface area contributed by atoms with Gasteiger partial charge in [-0.25, -0.2) is 0 Å². The first-order valence-corrected chi connectivity index (χ1v) is 7.97. The normalized spacial score (nSPS) is 10.0. The summed E-state index contributed by atoms with van der Waals surface area (Å²) in [6.07, 6.45) is 0. The third kappa shape index (κ3) is 4.46. The maximum Gasteiger partial charge on any atom is 0.273 e. The fraction of sp³-hybridized carbons (Fsp3) is 0.125. The average molecular weight is 398 g/mol. The highest BCUT2D eigenvalue weighted by molar-refractivity contribution is 9.10. The van der Waals surface area contributed by atoms with Crippen LogP contribution in [0.1, 0.15) is 27.6 Å². The maximum absolute atomic E-state index is 12.3. The Hall–Kier alpha value is -2.05. The van der Waals surface area contributed by atoms with Crippen LogP contribution in [0.15, 0.2) is 46.9 Å². The summed E-state index contributed by atoms with van der Waals surface area (Å²) >= 11 is 9.24. The van der Waals surface area contributed by atoms with E-state index in [1.165, 1.54) is 0 Å². The highest BCUT2D eigenvalue weighted by Crippen LogP contribution is 2.23. The van der Waals surface area contributed by atoms with Crippen LogP contribution in [0.4, 0.5) is 0 Å². The van der Waals surface area contributed by atoms with Crippen molar-refractivity contribution < 1.29 is 14.3 Å². The second-order valence-electron chi connectivity index (χ2n) is 4.46. The molecule has 0 atom stereocenters. The number of hydrazine groups is 1. The van der Waals surface area contributed by atoms with Crippen LogP contribution in [0, 0.1) is 0 Å². The van der Waals surface area contributed by atoms with Gasteiger partial charge in [-0.15, -0.1) is 0 Å². The van der Waals surface area contributed by atoms with Crippen molar-refractivity contribution >= 4 is 39.3 Å². The van der Waals surface area contributed by atoms with Crippen LogP contribution >= 0.6 is 27.5 Å². The molecule has 2 rings (SSSR count). The molecular formula is C16H14BrClN2O3. The topological polar surface area (TPSA) is 67.4 Å². The van der Waals surface area contributed by atoms with E-state index in [4.69, 9.17) is 16.3 Å². The lowest BCUT2D eigenvalue weighted by atomic mass is 10.2. The van der Waals surface area contributed by atoms with E-state index in [-0.39, 0.29) is 5.56 Å². The molecule has 0 unspecified atom stereocenters. The molecule has 2 amide bonds. The van der Waals surface area contributed by atoms with E-state index in [0.717, 1.165) is 4.47 Å². The Balaban J connectivity index is 2.09. The van der Waals surface area contributed by atoms with E-state index < -0.39 is 11.8 Å². The quantitative estimate of drug-likeness (QED) is 0.775. The predicted molar refractivity (Wildman–Crippen MR) is 91.7 cm³/mol. The van der Waals surface area contributed by atoms with Crippen molar-refractivity contribution in [2.45, 2.75) is 6.92 Å². The molecule has 2 aromatic rings. The van der Waals surface area contributed by atoms with E-state index in [1.54, 1.807) is 42.5 Å². The van der Waals surface area contributed by atoms with Gasteiger partial charge in [-0.2, -0.15) is 0 Å². The smallest absolute Gasteiger partial charge is 0.273 e. The van der Waals surface area contributed by atoms with E-state index in [0.29, 0.717) is 22.9 Å². The molecule has 0 heterocycles. The predicted octanol–water partition coefficient (Wildman–Crippen LogP) is 3.58. The summed E-state index contributed by atoms with van der Waals surface area (Å²) in [5.74, 6) is -0.563. The number of benzene rings is 2. The number of ether oxygens (including phenoxy) is 1. The molecule has 0 spiro atoms. The molecule has 23 heavy (non-hydrogen) atoms. The first-order valence-electron chi connectivity index (χ1n) is 6.80. The van der Waals surface area contributed by atoms with E-state index in [2.05, 4.69) is 26.8 Å². The summed E-state index contributed by atoms with van der Waals surface area (Å²) in [6, 6.07) is 11.6. The number of amides is 2. The van der Waals surface area contributed by atoms with Crippen molar-refractivity contribution in [3.05, 3.63) is 63.1 Å². The molecule has 0 aliphatic carbocycles. The molecule has 0 fully saturated rings. The van der Waals surface area contributed by atoms with Gasteiger partial charge in [0.25, 0.3) is 11.8 Å². The van der Waals surface area contributed by atoms with Gasteiger partial charge in [0.05, 0.1) is 22.8 Å². The lowest BCUT2D eigenvalue weighted by molar-refractivity contribution is 0.0844. The monoisotopic (exact) mass is 396 g/mol. The number of hydrogen-bond acceptors (Lipinski definition) is 3. The second-order valence-corrected chi connectivity index (χ2v) is 5.78. The molecular weight excluding hydrogens is 384 g/mol. The molecule has 7 heteroatoms. The summed E-state index contributed by atoms with van der Waals surface area (Å²) in [4.78, 5) is 24.3. The Morgan fingerprint density at radius 3 is 2.39 bits per heavy atom. The Labute approximate surface area is 147 Å². The van der Waals surface area contributed by atoms with Gasteiger partial charge in [-0.1, -0.05) is 39.7 Å². The van der Waals surface area contributed by atoms with Gasteiger partial charge in [0, 0.05) is 4.47 Å². The second kappa shape index (κ2) is 7.99. The Morgan fingerprint density at radius 2 is 1.74 bits per heavy atom. The largest absolute Gasteiger partial charge is 0.493 e. The standard InChI is InChI=1S/C16H14BrClN2O3/c1-2-23-14-8-7-10(17)9-12(14)16(22)20-19-15(21)11-5-3-4-6-13(11)18/h3-9H,2H2,1H3,(H,19,21)(H,20,22). The van der Waals surface area contributed by atoms with Crippen LogP contribution in [0.2, 0.25) is 5.02 Å². The highest BCUT2D eigenvalue weighted by atomic mass is 79.9. The number of nitrogens with one attached hydrogen (secondary N) is 2. The van der Waals surface area contributed by atoms with Crippen LogP contribution in [0.25, 0.3) is 0 Å². The Bertz CT molecular complexity index is 737. The molecule has 0 aliphatic heterocycles. The third-order valence-corrected chi connectivity index (χ3v) is 3.72. The fourth-order valence-electron chi connectivity index (χ4n) is 1.85. The summed E-state index contributed by atoms with van der Waals surface area (Å²) in [6.45, 7) is 2.25. The maximum atomic E-state index is 12.3. The van der Waals surface area contributed by atoms with Gasteiger partial charge in [-0.05, 0) is 37.3 Å². The summed E-state index contributed by atoms with van der Waals surface area (Å²) < 4.78 is 6.13. The van der Waals surface area contributed by atoms with Gasteiger partial charge in [-0.3, -0.25) is 20.4 Å². The number of carbonyl (C=O) groups is 2. The third-order valence-electron chi connectivity index (χ3n) is 2.89. The summed E-state index contributed by atoms with van der Waals surface area (Å²) in [5, 5.41) is 0.303. The van der Waals surface area contributed by atoms with E-state index >= 15 is 0 Å². The Kier molecular flexibility index (Phi) is 6.01. The molecule has 120 valence electrons. The van der Waals surface area contributed by atoms with Crippen molar-refractivity contribution in [3.8, 4) is 5.75 Å². The SMILES string of the molecule is CCOc1ccc(Br)cc1C(=O)NNC(=O)c1ccccc1Cl. The lowest BCUT2D eigenvalue weighted by Gasteiger charge is -2.12. The van der Waals surface area contributed by atoms with Crippen molar-refractivity contribution in [1.82, 2.24) is 10.9 Å². The lowest BCUT2D eigenvalue weighted by Crippen LogP contribution is -2.41. The Morgan fingerprint density at radius 1 is 1.09 bits per heavy atom. The van der Waals surface area contributed by atoms with Crippen molar-refractivity contribution in [3.63, 3.8) is 0 Å². The van der Waals surface area contributed by atoms with Gasteiger partial charge in [0.15, 0.2) is 0 Å². The molecule has 0 saturated heterocycles. The molecule has 0 aromatic heterocycles. The minimum absolute atomic E-state index is 0.272. The number of halogens is 2. The molecule has 0 aliphatic rings. The van der Waals surface area contributed by atoms with Gasteiger partial charge in [0.2, 0.25) is 0 Å². The van der Waals surface area contributed by atoms with Crippen molar-refractivity contribution in [2.75, 3.05) is 6.61 Å². The number of carbonyl (C=O) groups excluding carboxylic acids is 2. The van der Waals surface area contributed by atoms with Gasteiger partial charge < -0.3 is 4.74 Å². The van der Waals surface area contributed by atoms with Crippen LogP contribution in [-0.4, -0.2) is 18.4 Å². The zero-order valence-electron chi connectivity index (χ0n) is 12.2. The van der Waals surface area contributed by atoms with Crippen LogP contribution in [0.3, 0.4) is 0 Å². The van der Waals surface area contributed by atoms with Crippen LogP contribution in [0.5, 0.6) is 5.75 Å². The molecule has 0 radical (unpaired) electrons. The van der Waals surface area contributed by atoms with Crippen molar-refractivity contribution in [1.29, 1.82) is 0 Å². The van der Waals surface area contributed by atoms with Crippen molar-refractivity contribution in [2.24, 2.45) is 0 Å². The van der Waals surface area contributed by atoms with E-state index in [1.807, 2.05) is 6.92 Å². The molecule has 0 bridgehead atoms.